The number of aryl methyl sites for hydroxylation is 2. The number of nitrogens with zero attached hydrogens (tertiary/aromatic N) is 2. The molecule has 6 heteroatoms. The zero-order valence-electron chi connectivity index (χ0n) is 11.6. The van der Waals surface area contributed by atoms with Crippen LogP contribution in [0.3, 0.4) is 0 Å². The number of halogens is 1. The number of aromatic nitrogens is 2. The van der Waals surface area contributed by atoms with Crippen LogP contribution in [0.4, 0.5) is 0 Å². The molecule has 0 amide bonds. The van der Waals surface area contributed by atoms with Gasteiger partial charge in [-0.15, -0.1) is 11.3 Å². The lowest BCUT2D eigenvalue weighted by molar-refractivity contribution is 0.0702. The van der Waals surface area contributed by atoms with Gasteiger partial charge in [0.2, 0.25) is 0 Å². The first-order valence-electron chi connectivity index (χ1n) is 6.52. The number of hydrogen-bond donors (Lipinski definition) is 1. The fourth-order valence-electron chi connectivity index (χ4n) is 2.22. The number of hydrogen-bond acceptors (Lipinski definition) is 3. The van der Waals surface area contributed by atoms with Gasteiger partial charge < -0.3 is 5.11 Å². The molecule has 2 heterocycles. The van der Waals surface area contributed by atoms with Gasteiger partial charge in [-0.3, -0.25) is 0 Å². The maximum absolute atomic E-state index is 11.2. The van der Waals surface area contributed by atoms with E-state index in [9.17, 15) is 4.79 Å². The van der Waals surface area contributed by atoms with Crippen LogP contribution in [0.5, 0.6) is 0 Å². The van der Waals surface area contributed by atoms with Gasteiger partial charge >= 0.3 is 5.97 Å². The van der Waals surface area contributed by atoms with Crippen molar-refractivity contribution >= 4 is 39.1 Å². The smallest absolute Gasteiger partial charge is 0.345 e. The zero-order chi connectivity index (χ0) is 15.1. The molecule has 0 aliphatic heterocycles. The van der Waals surface area contributed by atoms with Crippen LogP contribution in [-0.2, 0) is 6.42 Å². The Balaban J connectivity index is 2.26. The molecule has 0 aliphatic rings. The molecule has 1 N–H and O–H groups in total. The highest BCUT2D eigenvalue weighted by atomic mass is 35.5. The quantitative estimate of drug-likeness (QED) is 0.782. The second kappa shape index (κ2) is 5.16. The van der Waals surface area contributed by atoms with Crippen molar-refractivity contribution in [1.82, 2.24) is 9.78 Å². The predicted molar refractivity (Wildman–Crippen MR) is 85.0 cm³/mol. The molecule has 0 saturated heterocycles. The van der Waals surface area contributed by atoms with E-state index in [2.05, 4.69) is 5.10 Å². The van der Waals surface area contributed by atoms with Crippen molar-refractivity contribution < 1.29 is 9.90 Å². The lowest BCUT2D eigenvalue weighted by atomic mass is 10.2. The van der Waals surface area contributed by atoms with E-state index >= 15 is 0 Å². The third-order valence-corrected chi connectivity index (χ3v) is 4.89. The molecule has 21 heavy (non-hydrogen) atoms. The fraction of sp³-hybridized carbons (Fsp3) is 0.200. The third kappa shape index (κ3) is 2.32. The minimum atomic E-state index is -0.910. The normalized spacial score (nSPS) is 11.2. The van der Waals surface area contributed by atoms with Crippen molar-refractivity contribution in [2.75, 3.05) is 0 Å². The summed E-state index contributed by atoms with van der Waals surface area (Å²) in [6.07, 6.45) is 0.749. The topological polar surface area (TPSA) is 55.1 Å². The van der Waals surface area contributed by atoms with E-state index in [1.807, 2.05) is 32.0 Å². The molecular weight excluding hydrogens is 308 g/mol. The van der Waals surface area contributed by atoms with E-state index in [-0.39, 0.29) is 0 Å². The van der Waals surface area contributed by atoms with Gasteiger partial charge in [0.05, 0.1) is 11.4 Å². The Bertz CT molecular complexity index is 851. The molecule has 3 rings (SSSR count). The summed E-state index contributed by atoms with van der Waals surface area (Å²) in [6, 6.07) is 7.42. The highest BCUT2D eigenvalue weighted by Crippen LogP contribution is 2.32. The molecule has 0 radical (unpaired) electrons. The molecule has 0 atom stereocenters. The number of aromatic carboxylic acids is 1. The first-order valence-corrected chi connectivity index (χ1v) is 7.72. The molecule has 2 aromatic heterocycles. The number of thiophene rings is 1. The van der Waals surface area contributed by atoms with Crippen LogP contribution in [0, 0.1) is 6.92 Å². The highest BCUT2D eigenvalue weighted by molar-refractivity contribution is 7.20. The largest absolute Gasteiger partial charge is 0.477 e. The summed E-state index contributed by atoms with van der Waals surface area (Å²) in [5.41, 5.74) is 2.73. The average Bonchev–Trinajstić information content (AvgIpc) is 3.00. The zero-order valence-corrected chi connectivity index (χ0v) is 13.1. The Morgan fingerprint density at radius 3 is 2.81 bits per heavy atom. The molecule has 0 saturated carbocycles. The third-order valence-electron chi connectivity index (χ3n) is 3.38. The molecular formula is C15H13ClN2O2S. The molecule has 0 unspecified atom stereocenters. The van der Waals surface area contributed by atoms with E-state index in [1.54, 1.807) is 10.7 Å². The fourth-order valence-corrected chi connectivity index (χ4v) is 3.39. The van der Waals surface area contributed by atoms with Crippen LogP contribution in [0.25, 0.3) is 15.9 Å². The van der Waals surface area contributed by atoms with Crippen LogP contribution >= 0.6 is 22.9 Å². The van der Waals surface area contributed by atoms with Crippen LogP contribution in [0.1, 0.15) is 27.9 Å². The van der Waals surface area contributed by atoms with E-state index in [1.165, 1.54) is 11.3 Å². The number of carboxylic acid groups (broad SMARTS) is 1. The summed E-state index contributed by atoms with van der Waals surface area (Å²) in [7, 11) is 0. The SMILES string of the molecule is CCc1nn(-c2ccc(C)c(Cl)c2)c2sc(C(=O)O)cc12. The van der Waals surface area contributed by atoms with Crippen molar-refractivity contribution in [1.29, 1.82) is 0 Å². The molecule has 3 aromatic rings. The van der Waals surface area contributed by atoms with E-state index in [0.717, 1.165) is 33.6 Å². The Morgan fingerprint density at radius 2 is 2.19 bits per heavy atom. The Kier molecular flexibility index (Phi) is 3.47. The highest BCUT2D eigenvalue weighted by Gasteiger charge is 2.17. The van der Waals surface area contributed by atoms with E-state index < -0.39 is 5.97 Å². The van der Waals surface area contributed by atoms with Crippen molar-refractivity contribution in [3.63, 3.8) is 0 Å². The number of carboxylic acids is 1. The van der Waals surface area contributed by atoms with Crippen LogP contribution < -0.4 is 0 Å². The Hall–Kier alpha value is -1.85. The van der Waals surface area contributed by atoms with E-state index in [4.69, 9.17) is 16.7 Å². The summed E-state index contributed by atoms with van der Waals surface area (Å²) in [5.74, 6) is -0.910. The van der Waals surface area contributed by atoms with Crippen molar-refractivity contribution in [3.05, 3.63) is 45.4 Å². The Morgan fingerprint density at radius 1 is 1.43 bits per heavy atom. The van der Waals surface area contributed by atoms with Gasteiger partial charge in [-0.05, 0) is 37.1 Å². The number of carbonyl (C=O) groups is 1. The van der Waals surface area contributed by atoms with Crippen LogP contribution in [-0.4, -0.2) is 20.9 Å². The molecule has 0 bridgehead atoms. The monoisotopic (exact) mass is 320 g/mol. The number of rotatable bonds is 3. The lowest BCUT2D eigenvalue weighted by Crippen LogP contribution is -1.97. The summed E-state index contributed by atoms with van der Waals surface area (Å²) in [4.78, 5) is 12.3. The summed E-state index contributed by atoms with van der Waals surface area (Å²) < 4.78 is 1.77. The maximum atomic E-state index is 11.2. The second-order valence-electron chi connectivity index (χ2n) is 4.78. The van der Waals surface area contributed by atoms with Crippen LogP contribution in [0.15, 0.2) is 24.3 Å². The number of benzene rings is 1. The first-order chi connectivity index (χ1) is 10.0. The Labute approximate surface area is 130 Å². The summed E-state index contributed by atoms with van der Waals surface area (Å²) in [5, 5.41) is 15.3. The van der Waals surface area contributed by atoms with Gasteiger partial charge in [-0.2, -0.15) is 5.10 Å². The number of fused-ring (bicyclic) bond motifs is 1. The molecule has 0 aliphatic carbocycles. The van der Waals surface area contributed by atoms with Gasteiger partial charge in [0.15, 0.2) is 0 Å². The maximum Gasteiger partial charge on any atom is 0.345 e. The first kappa shape index (κ1) is 14.1. The van der Waals surface area contributed by atoms with Crippen molar-refractivity contribution in [2.24, 2.45) is 0 Å². The van der Waals surface area contributed by atoms with Crippen molar-refractivity contribution in [3.8, 4) is 5.69 Å². The van der Waals surface area contributed by atoms with Gasteiger partial charge in [-0.25, -0.2) is 9.48 Å². The average molecular weight is 321 g/mol. The minimum Gasteiger partial charge on any atom is -0.477 e. The molecule has 108 valence electrons. The van der Waals surface area contributed by atoms with Crippen LogP contribution in [0.2, 0.25) is 5.02 Å². The van der Waals surface area contributed by atoms with Gasteiger partial charge in [0.1, 0.15) is 9.71 Å². The van der Waals surface area contributed by atoms with Gasteiger partial charge in [-0.1, -0.05) is 24.6 Å². The van der Waals surface area contributed by atoms with Crippen molar-refractivity contribution in [2.45, 2.75) is 20.3 Å². The second-order valence-corrected chi connectivity index (χ2v) is 6.22. The van der Waals surface area contributed by atoms with E-state index in [0.29, 0.717) is 9.90 Å². The molecule has 4 nitrogen and oxygen atoms in total. The van der Waals surface area contributed by atoms with Gasteiger partial charge in [0.25, 0.3) is 0 Å². The summed E-state index contributed by atoms with van der Waals surface area (Å²) in [6.45, 7) is 3.95. The molecule has 0 fully saturated rings. The minimum absolute atomic E-state index is 0.323. The summed E-state index contributed by atoms with van der Waals surface area (Å²) >= 11 is 7.41. The van der Waals surface area contributed by atoms with Gasteiger partial charge in [0, 0.05) is 10.4 Å². The molecule has 0 spiro atoms. The molecule has 1 aromatic carbocycles. The standard InChI is InChI=1S/C15H13ClN2O2S/c1-3-12-10-7-13(15(19)20)21-14(10)18(17-12)9-5-4-8(2)11(16)6-9/h4-7H,3H2,1-2H3,(H,19,20). The predicted octanol–water partition coefficient (Wildman–Crippen LogP) is 4.31. The lowest BCUT2D eigenvalue weighted by Gasteiger charge is -2.04.